The quantitative estimate of drug-likeness (QED) is 0.485. The summed E-state index contributed by atoms with van der Waals surface area (Å²) >= 11 is 1.44. The number of carbonyl (C=O) groups excluding carboxylic acids is 2. The number of piperidine rings is 1. The van der Waals surface area contributed by atoms with Gasteiger partial charge in [-0.05, 0) is 43.4 Å². The third kappa shape index (κ3) is 6.28. The first-order valence-corrected chi connectivity index (χ1v) is 11.3. The molecule has 1 saturated heterocycles. The van der Waals surface area contributed by atoms with Crippen LogP contribution in [0.15, 0.2) is 54.6 Å². The van der Waals surface area contributed by atoms with Crippen molar-refractivity contribution in [2.75, 3.05) is 13.7 Å². The number of thiophene rings is 1. The maximum atomic E-state index is 12.5. The van der Waals surface area contributed by atoms with E-state index in [2.05, 4.69) is 0 Å². The number of carbonyl (C=O) groups is 2. The van der Waals surface area contributed by atoms with Crippen LogP contribution in [0.1, 0.15) is 45.8 Å². The van der Waals surface area contributed by atoms with Gasteiger partial charge >= 0.3 is 5.97 Å². The standard InChI is InChI=1S/C24H29NO4S/c1-29-24(28)22-15-14-21(30-22)10-6-16-25-19(9-5-11-23(25)27)12-13-20(26)17-18-7-3-2-4-8-18/h2-4,7-8,12-15,19-20,26H,5-6,9-11,16-17H2,1H3/b13-12+. The van der Waals surface area contributed by atoms with Crippen LogP contribution in [0.2, 0.25) is 0 Å². The first-order chi connectivity index (χ1) is 14.6. The van der Waals surface area contributed by atoms with Crippen molar-refractivity contribution in [1.29, 1.82) is 0 Å². The zero-order valence-electron chi connectivity index (χ0n) is 17.3. The van der Waals surface area contributed by atoms with Crippen molar-refractivity contribution in [1.82, 2.24) is 4.90 Å². The molecule has 1 aromatic heterocycles. The van der Waals surface area contributed by atoms with E-state index in [1.54, 1.807) is 6.07 Å². The van der Waals surface area contributed by atoms with Gasteiger partial charge in [0.2, 0.25) is 5.91 Å². The molecule has 160 valence electrons. The van der Waals surface area contributed by atoms with Gasteiger partial charge in [-0.3, -0.25) is 4.79 Å². The lowest BCUT2D eigenvalue weighted by molar-refractivity contribution is -0.135. The summed E-state index contributed by atoms with van der Waals surface area (Å²) in [6.45, 7) is 0.675. The molecule has 1 aromatic carbocycles. The number of aliphatic hydroxyl groups is 1. The average molecular weight is 428 g/mol. The summed E-state index contributed by atoms with van der Waals surface area (Å²) < 4.78 is 4.75. The van der Waals surface area contributed by atoms with Crippen LogP contribution in [0.5, 0.6) is 0 Å². The van der Waals surface area contributed by atoms with Crippen LogP contribution >= 0.6 is 11.3 Å². The molecule has 2 heterocycles. The molecule has 0 saturated carbocycles. The summed E-state index contributed by atoms with van der Waals surface area (Å²) in [4.78, 5) is 27.7. The Hall–Kier alpha value is -2.44. The van der Waals surface area contributed by atoms with Crippen molar-refractivity contribution in [2.45, 2.75) is 50.7 Å². The highest BCUT2D eigenvalue weighted by Crippen LogP contribution is 2.22. The normalized spacial score (nSPS) is 18.0. The second kappa shape index (κ2) is 11.1. The summed E-state index contributed by atoms with van der Waals surface area (Å²) in [5.74, 6) is -0.133. The van der Waals surface area contributed by atoms with Crippen LogP contribution in [0.25, 0.3) is 0 Å². The minimum Gasteiger partial charge on any atom is -0.465 e. The Morgan fingerprint density at radius 1 is 1.30 bits per heavy atom. The fourth-order valence-electron chi connectivity index (χ4n) is 3.76. The second-order valence-corrected chi connectivity index (χ2v) is 8.72. The predicted molar refractivity (Wildman–Crippen MR) is 119 cm³/mol. The number of esters is 1. The van der Waals surface area contributed by atoms with Crippen molar-refractivity contribution in [3.8, 4) is 0 Å². The summed E-state index contributed by atoms with van der Waals surface area (Å²) in [7, 11) is 1.38. The summed E-state index contributed by atoms with van der Waals surface area (Å²) in [6, 6.07) is 13.7. The molecule has 1 N–H and O–H groups in total. The van der Waals surface area contributed by atoms with Gasteiger partial charge in [0.15, 0.2) is 0 Å². The molecule has 0 spiro atoms. The van der Waals surface area contributed by atoms with Gasteiger partial charge in [-0.25, -0.2) is 4.79 Å². The minimum absolute atomic E-state index is 0.0330. The number of methoxy groups -OCH3 is 1. The number of benzene rings is 1. The number of amides is 1. The minimum atomic E-state index is -0.561. The highest BCUT2D eigenvalue weighted by Gasteiger charge is 2.26. The van der Waals surface area contributed by atoms with Crippen LogP contribution in [-0.4, -0.2) is 47.7 Å². The van der Waals surface area contributed by atoms with E-state index in [-0.39, 0.29) is 17.9 Å². The number of nitrogens with zero attached hydrogens (tertiary/aromatic N) is 1. The molecule has 2 unspecified atom stereocenters. The molecular formula is C24H29NO4S. The number of hydrogen-bond donors (Lipinski definition) is 1. The Morgan fingerprint density at radius 2 is 2.10 bits per heavy atom. The zero-order valence-corrected chi connectivity index (χ0v) is 18.1. The second-order valence-electron chi connectivity index (χ2n) is 7.55. The van der Waals surface area contributed by atoms with Gasteiger partial charge in [0.25, 0.3) is 0 Å². The van der Waals surface area contributed by atoms with Gasteiger partial charge in [0.05, 0.1) is 19.3 Å². The fraction of sp³-hybridized carbons (Fsp3) is 0.417. The highest BCUT2D eigenvalue weighted by atomic mass is 32.1. The lowest BCUT2D eigenvalue weighted by atomic mass is 9.99. The van der Waals surface area contributed by atoms with Crippen molar-refractivity contribution in [2.24, 2.45) is 0 Å². The molecule has 5 nitrogen and oxygen atoms in total. The first kappa shape index (κ1) is 22.2. The molecule has 1 fully saturated rings. The topological polar surface area (TPSA) is 66.8 Å². The van der Waals surface area contributed by atoms with E-state index in [1.165, 1.54) is 18.4 Å². The maximum Gasteiger partial charge on any atom is 0.348 e. The molecule has 0 aliphatic carbocycles. The van der Waals surface area contributed by atoms with Crippen LogP contribution in [0.3, 0.4) is 0 Å². The van der Waals surface area contributed by atoms with E-state index in [1.807, 2.05) is 53.5 Å². The van der Waals surface area contributed by atoms with Crippen molar-refractivity contribution < 1.29 is 19.4 Å². The zero-order chi connectivity index (χ0) is 21.3. The number of aryl methyl sites for hydroxylation is 1. The van der Waals surface area contributed by atoms with E-state index in [0.29, 0.717) is 24.3 Å². The summed E-state index contributed by atoms with van der Waals surface area (Å²) in [6.07, 6.45) is 7.87. The summed E-state index contributed by atoms with van der Waals surface area (Å²) in [5, 5.41) is 10.4. The molecule has 2 atom stereocenters. The average Bonchev–Trinajstić information content (AvgIpc) is 3.23. The molecule has 1 amide bonds. The van der Waals surface area contributed by atoms with Crippen molar-refractivity contribution in [3.05, 3.63) is 69.9 Å². The largest absolute Gasteiger partial charge is 0.465 e. The molecule has 2 aromatic rings. The smallest absolute Gasteiger partial charge is 0.348 e. The molecule has 1 aliphatic heterocycles. The van der Waals surface area contributed by atoms with Crippen LogP contribution in [-0.2, 0) is 22.4 Å². The number of rotatable bonds is 9. The SMILES string of the molecule is COC(=O)c1ccc(CCCN2C(=O)CCCC2/C=C/C(O)Cc2ccccc2)s1. The molecule has 6 heteroatoms. The van der Waals surface area contributed by atoms with Gasteiger partial charge in [-0.15, -0.1) is 11.3 Å². The number of ether oxygens (including phenoxy) is 1. The van der Waals surface area contributed by atoms with E-state index >= 15 is 0 Å². The molecule has 30 heavy (non-hydrogen) atoms. The molecule has 1 aliphatic rings. The van der Waals surface area contributed by atoms with Gasteiger partial charge in [-0.1, -0.05) is 42.5 Å². The van der Waals surface area contributed by atoms with E-state index in [4.69, 9.17) is 4.74 Å². The Kier molecular flexibility index (Phi) is 8.22. The number of likely N-dealkylation sites (tertiary alicyclic amines) is 1. The number of hydrogen-bond acceptors (Lipinski definition) is 5. The monoisotopic (exact) mass is 427 g/mol. The third-order valence-electron chi connectivity index (χ3n) is 5.32. The van der Waals surface area contributed by atoms with E-state index in [9.17, 15) is 14.7 Å². The van der Waals surface area contributed by atoms with Gasteiger partial charge in [-0.2, -0.15) is 0 Å². The van der Waals surface area contributed by atoms with Gasteiger partial charge in [0.1, 0.15) is 4.88 Å². The Morgan fingerprint density at radius 3 is 2.87 bits per heavy atom. The van der Waals surface area contributed by atoms with E-state index in [0.717, 1.165) is 36.1 Å². The number of aliphatic hydroxyl groups excluding tert-OH is 1. The molecule has 0 bridgehead atoms. The fourth-order valence-corrected chi connectivity index (χ4v) is 4.73. The van der Waals surface area contributed by atoms with Crippen molar-refractivity contribution >= 4 is 23.2 Å². The van der Waals surface area contributed by atoms with Gasteiger partial charge < -0.3 is 14.7 Å². The van der Waals surface area contributed by atoms with Crippen LogP contribution in [0.4, 0.5) is 0 Å². The molecule has 3 rings (SSSR count). The first-order valence-electron chi connectivity index (χ1n) is 10.4. The lowest BCUT2D eigenvalue weighted by Gasteiger charge is -2.34. The van der Waals surface area contributed by atoms with Crippen LogP contribution < -0.4 is 0 Å². The van der Waals surface area contributed by atoms with E-state index < -0.39 is 6.10 Å². The van der Waals surface area contributed by atoms with Crippen molar-refractivity contribution in [3.63, 3.8) is 0 Å². The Balaban J connectivity index is 1.53. The van der Waals surface area contributed by atoms with Crippen LogP contribution in [0, 0.1) is 0 Å². The molecular weight excluding hydrogens is 398 g/mol. The molecule has 0 radical (unpaired) electrons. The Labute approximate surface area is 182 Å². The predicted octanol–water partition coefficient (Wildman–Crippen LogP) is 4.01. The maximum absolute atomic E-state index is 12.5. The highest BCUT2D eigenvalue weighted by molar-refractivity contribution is 7.13. The Bertz CT molecular complexity index is 861. The lowest BCUT2D eigenvalue weighted by Crippen LogP contribution is -2.43. The van der Waals surface area contributed by atoms with Gasteiger partial charge in [0, 0.05) is 24.3 Å². The summed E-state index contributed by atoms with van der Waals surface area (Å²) in [5.41, 5.74) is 1.09. The third-order valence-corrected chi connectivity index (χ3v) is 6.45.